The van der Waals surface area contributed by atoms with Gasteiger partial charge in [-0.25, -0.2) is 0 Å². The molecule has 0 radical (unpaired) electrons. The number of hydrogen-bond donors (Lipinski definition) is 0. The third-order valence-electron chi connectivity index (χ3n) is 1.06. The standard InChI is InChI=1S/C10H14/c1-7-5-6-8(2)10(4)9(7)3/h5-6H,1-4H3/i1D3,2D3,3D3,4D3,5D,6D. The third-order valence-corrected chi connectivity index (χ3v) is 1.06. The van der Waals surface area contributed by atoms with E-state index in [0.29, 0.717) is 0 Å². The Labute approximate surface area is 82.6 Å². The van der Waals surface area contributed by atoms with Crippen molar-refractivity contribution >= 4 is 0 Å². The van der Waals surface area contributed by atoms with Crippen LogP contribution in [0.4, 0.5) is 0 Å². The first kappa shape index (κ1) is 1.16. The summed E-state index contributed by atoms with van der Waals surface area (Å²) in [5.41, 5.74) is -4.69. The molecule has 54 valence electrons. The molecule has 0 N–H and O–H groups in total. The molecular formula is C10H14. The summed E-state index contributed by atoms with van der Waals surface area (Å²) in [6, 6.07) is -2.25. The average Bonchev–Trinajstić information content (AvgIpc) is 2.25. The molecule has 0 heterocycles. The minimum absolute atomic E-state index is 1.12. The molecule has 1 rings (SSSR count). The van der Waals surface area contributed by atoms with Crippen molar-refractivity contribution in [2.24, 2.45) is 0 Å². The van der Waals surface area contributed by atoms with Gasteiger partial charge in [-0.1, -0.05) is 12.1 Å². The highest BCUT2D eigenvalue weighted by molar-refractivity contribution is 5.37. The van der Waals surface area contributed by atoms with Crippen molar-refractivity contribution in [1.29, 1.82) is 0 Å². The van der Waals surface area contributed by atoms with E-state index in [1.54, 1.807) is 0 Å². The van der Waals surface area contributed by atoms with Gasteiger partial charge in [-0.2, -0.15) is 0 Å². The quantitative estimate of drug-likeness (QED) is 0.530. The van der Waals surface area contributed by atoms with Crippen LogP contribution in [0.2, 0.25) is 0 Å². The van der Waals surface area contributed by atoms with Gasteiger partial charge in [0.2, 0.25) is 0 Å². The molecule has 10 heavy (non-hydrogen) atoms. The molecule has 0 unspecified atom stereocenters. The Morgan fingerprint density at radius 2 is 1.50 bits per heavy atom. The average molecular weight is 148 g/mol. The molecule has 0 nitrogen and oxygen atoms in total. The van der Waals surface area contributed by atoms with Crippen molar-refractivity contribution in [2.75, 3.05) is 0 Å². The van der Waals surface area contributed by atoms with Gasteiger partial charge in [0.1, 0.15) is 0 Å². The second kappa shape index (κ2) is 2.45. The Morgan fingerprint density at radius 3 is 1.80 bits per heavy atom. The fourth-order valence-corrected chi connectivity index (χ4v) is 0.500. The van der Waals surface area contributed by atoms with Gasteiger partial charge in [0.15, 0.2) is 0 Å². The van der Waals surface area contributed by atoms with Crippen molar-refractivity contribution in [1.82, 2.24) is 0 Å². The Kier molecular flexibility index (Phi) is 0.283. The zero-order chi connectivity index (χ0) is 19.5. The molecule has 0 aliphatic heterocycles. The Morgan fingerprint density at radius 1 is 1.00 bits per heavy atom. The monoisotopic (exact) mass is 148 g/mol. The van der Waals surface area contributed by atoms with Gasteiger partial charge in [0, 0.05) is 16.4 Å². The SMILES string of the molecule is [2H]c1c([2H])c(C([2H])([2H])[2H])c(C([2H])([2H])[2H])c(C([2H])([2H])[2H])c1C([2H])([2H])[2H]. The van der Waals surface area contributed by atoms with Gasteiger partial charge < -0.3 is 0 Å². The molecular weight excluding hydrogens is 120 g/mol. The van der Waals surface area contributed by atoms with E-state index < -0.39 is 61.7 Å². The Balaban J connectivity index is 4.34. The van der Waals surface area contributed by atoms with Crippen LogP contribution < -0.4 is 0 Å². The second-order valence-electron chi connectivity index (χ2n) is 1.75. The van der Waals surface area contributed by atoms with Crippen LogP contribution in [0.25, 0.3) is 0 Å². The van der Waals surface area contributed by atoms with E-state index in [1.807, 2.05) is 0 Å². The van der Waals surface area contributed by atoms with Crippen molar-refractivity contribution in [2.45, 2.75) is 27.4 Å². The van der Waals surface area contributed by atoms with E-state index in [4.69, 9.17) is 19.2 Å². The van der Waals surface area contributed by atoms with Gasteiger partial charge >= 0.3 is 0 Å². The highest BCUT2D eigenvalue weighted by Crippen LogP contribution is 2.15. The maximum absolute atomic E-state index is 7.76. The maximum atomic E-state index is 7.76. The van der Waals surface area contributed by atoms with Gasteiger partial charge in [-0.05, 0) is 49.7 Å². The summed E-state index contributed by atoms with van der Waals surface area (Å²) in [6.07, 6.45) is 0. The van der Waals surface area contributed by atoms with Crippen LogP contribution >= 0.6 is 0 Å². The number of benzene rings is 1. The first-order valence-electron chi connectivity index (χ1n) is 9.50. The Hall–Kier alpha value is -0.780. The second-order valence-corrected chi connectivity index (χ2v) is 1.75. The smallest absolute Gasteiger partial charge is 0.0588 e. The minimum Gasteiger partial charge on any atom is -0.0588 e. The fourth-order valence-electron chi connectivity index (χ4n) is 0.500. The summed E-state index contributed by atoms with van der Waals surface area (Å²) in [6.45, 7) is -13.0. The lowest BCUT2D eigenvalue weighted by molar-refractivity contribution is 1.22. The van der Waals surface area contributed by atoms with Gasteiger partial charge in [-0.15, -0.1) is 0 Å². The molecule has 1 aromatic carbocycles. The van der Waals surface area contributed by atoms with Crippen LogP contribution in [0.15, 0.2) is 12.1 Å². The lowest BCUT2D eigenvalue weighted by Gasteiger charge is -2.06. The first-order chi connectivity index (χ1) is 10.3. The molecule has 0 saturated heterocycles. The van der Waals surface area contributed by atoms with E-state index in [2.05, 4.69) is 0 Å². The molecule has 0 aliphatic carbocycles. The van der Waals surface area contributed by atoms with E-state index in [-0.39, 0.29) is 0 Å². The van der Waals surface area contributed by atoms with E-state index in [1.165, 1.54) is 0 Å². The summed E-state index contributed by atoms with van der Waals surface area (Å²) >= 11 is 0. The molecule has 0 fully saturated rings. The highest BCUT2D eigenvalue weighted by Gasteiger charge is 1.97. The summed E-state index contributed by atoms with van der Waals surface area (Å²) in [4.78, 5) is 0. The first-order valence-corrected chi connectivity index (χ1v) is 2.50. The zero-order valence-electron chi connectivity index (χ0n) is 19.0. The molecule has 0 heteroatoms. The summed E-state index contributed by atoms with van der Waals surface area (Å²) in [5.74, 6) is 0. The Bertz CT molecular complexity index is 581. The van der Waals surface area contributed by atoms with E-state index >= 15 is 0 Å². The largest absolute Gasteiger partial charge is 0.0626 e. The van der Waals surface area contributed by atoms with Crippen molar-refractivity contribution < 1.29 is 19.2 Å². The molecule has 0 spiro atoms. The summed E-state index contributed by atoms with van der Waals surface area (Å²) < 4.78 is 105. The van der Waals surface area contributed by atoms with Gasteiger partial charge in [-0.3, -0.25) is 0 Å². The van der Waals surface area contributed by atoms with Crippen molar-refractivity contribution in [3.63, 3.8) is 0 Å². The molecule has 0 aromatic heterocycles. The maximum Gasteiger partial charge on any atom is 0.0626 e. The lowest BCUT2D eigenvalue weighted by atomic mass is 10.0. The number of rotatable bonds is 0. The summed E-state index contributed by atoms with van der Waals surface area (Å²) in [7, 11) is 0. The van der Waals surface area contributed by atoms with Crippen LogP contribution in [-0.4, -0.2) is 0 Å². The highest BCUT2D eigenvalue weighted by atomic mass is 14.0. The van der Waals surface area contributed by atoms with Crippen molar-refractivity contribution in [3.05, 3.63) is 34.3 Å². The fraction of sp³-hybridized carbons (Fsp3) is 0.400. The van der Waals surface area contributed by atoms with E-state index in [0.717, 1.165) is 0 Å². The topological polar surface area (TPSA) is 0 Å². The predicted molar refractivity (Wildman–Crippen MR) is 45.4 cm³/mol. The summed E-state index contributed by atoms with van der Waals surface area (Å²) in [5, 5.41) is 0. The predicted octanol–water partition coefficient (Wildman–Crippen LogP) is 2.92. The number of hydrogen-bond acceptors (Lipinski definition) is 0. The van der Waals surface area contributed by atoms with Crippen LogP contribution in [0, 0.1) is 27.4 Å². The lowest BCUT2D eigenvalue weighted by Crippen LogP contribution is -1.88. The van der Waals surface area contributed by atoms with Crippen molar-refractivity contribution in [3.8, 4) is 0 Å². The molecule has 0 aliphatic rings. The molecule has 0 atom stereocenters. The molecule has 0 saturated carbocycles. The van der Waals surface area contributed by atoms with Crippen LogP contribution in [0.5, 0.6) is 0 Å². The molecule has 0 amide bonds. The van der Waals surface area contributed by atoms with E-state index in [9.17, 15) is 0 Å². The zero-order valence-corrected chi connectivity index (χ0v) is 5.00. The van der Waals surface area contributed by atoms with Crippen LogP contribution in [0.3, 0.4) is 0 Å². The molecule has 0 bridgehead atoms. The van der Waals surface area contributed by atoms with Crippen LogP contribution in [0.1, 0.15) is 41.4 Å². The normalized spacial score (nSPS) is 35.6. The third kappa shape index (κ3) is 1.06. The van der Waals surface area contributed by atoms with Gasteiger partial charge in [0.05, 0.1) is 2.74 Å². The van der Waals surface area contributed by atoms with Crippen LogP contribution in [-0.2, 0) is 0 Å². The minimum atomic E-state index is -3.29. The molecule has 1 aromatic rings. The van der Waals surface area contributed by atoms with Gasteiger partial charge in [0.25, 0.3) is 0 Å².